The molecule has 0 aliphatic rings. The Hall–Kier alpha value is -3.20. The van der Waals surface area contributed by atoms with Gasteiger partial charge in [0, 0.05) is 12.3 Å². The van der Waals surface area contributed by atoms with Gasteiger partial charge in [0.25, 0.3) is 5.91 Å². The van der Waals surface area contributed by atoms with Crippen LogP contribution in [0.1, 0.15) is 27.0 Å². The van der Waals surface area contributed by atoms with E-state index in [-0.39, 0.29) is 11.8 Å². The van der Waals surface area contributed by atoms with E-state index in [1.165, 1.54) is 32.0 Å². The van der Waals surface area contributed by atoms with Crippen molar-refractivity contribution in [2.45, 2.75) is 5.25 Å². The molecule has 1 N–H and O–H groups in total. The Morgan fingerprint density at radius 2 is 1.61 bits per heavy atom. The Kier molecular flexibility index (Phi) is 7.77. The van der Waals surface area contributed by atoms with Gasteiger partial charge >= 0.3 is 0 Å². The number of aromatic nitrogens is 2. The first-order valence-corrected chi connectivity index (χ1v) is 10.4. The summed E-state index contributed by atoms with van der Waals surface area (Å²) in [5.74, 6) is -0.929. The number of nitrogens with zero attached hydrogens (tertiary/aromatic N) is 2. The van der Waals surface area contributed by atoms with Crippen molar-refractivity contribution in [1.82, 2.24) is 15.3 Å². The molecule has 3 rings (SSSR count). The first kappa shape index (κ1) is 22.5. The molecule has 162 valence electrons. The number of hydrogen-bond donors (Lipinski definition) is 1. The van der Waals surface area contributed by atoms with Crippen LogP contribution in [0.3, 0.4) is 0 Å². The van der Waals surface area contributed by atoms with Gasteiger partial charge in [-0.15, -0.1) is 11.8 Å². The highest BCUT2D eigenvalue weighted by atomic mass is 32.2. The fourth-order valence-electron chi connectivity index (χ4n) is 2.84. The Morgan fingerprint density at radius 1 is 1.00 bits per heavy atom. The molecule has 1 atom stereocenters. The predicted octanol–water partition coefficient (Wildman–Crippen LogP) is 4.02. The molecule has 2 aromatic carbocycles. The van der Waals surface area contributed by atoms with Crippen LogP contribution < -0.4 is 14.8 Å². The molecule has 0 bridgehead atoms. The number of carbonyl (C=O) groups excluding carboxylic acids is 1. The van der Waals surface area contributed by atoms with E-state index in [1.54, 1.807) is 6.07 Å². The van der Waals surface area contributed by atoms with Crippen molar-refractivity contribution in [1.29, 1.82) is 0 Å². The van der Waals surface area contributed by atoms with Gasteiger partial charge in [-0.2, -0.15) is 9.97 Å². The molecular weight excluding hydrogens is 424 g/mol. The van der Waals surface area contributed by atoms with Crippen molar-refractivity contribution < 1.29 is 23.0 Å². The summed E-state index contributed by atoms with van der Waals surface area (Å²) < 4.78 is 38.0. The van der Waals surface area contributed by atoms with Crippen LogP contribution >= 0.6 is 11.8 Å². The summed E-state index contributed by atoms with van der Waals surface area (Å²) in [7, 11) is 3.02. The zero-order chi connectivity index (χ0) is 22.2. The standard InChI is InChI=1S/C22H21F2N3O3S/c1-29-17-13-18(30-2)27-21(26-17)20(14-7-4-3-5-8-14)31-12-11-25-22(28)19-15(23)9-6-10-16(19)24/h3-10,13,20H,11-12H2,1-2H3,(H,25,28). The van der Waals surface area contributed by atoms with Crippen molar-refractivity contribution in [3.05, 3.63) is 83.2 Å². The molecule has 1 heterocycles. The number of methoxy groups -OCH3 is 2. The number of nitrogens with one attached hydrogen (secondary N) is 1. The Balaban J connectivity index is 1.73. The highest BCUT2D eigenvalue weighted by Gasteiger charge is 2.21. The van der Waals surface area contributed by atoms with Crippen LogP contribution in [-0.4, -0.2) is 42.4 Å². The predicted molar refractivity (Wildman–Crippen MR) is 115 cm³/mol. The Morgan fingerprint density at radius 3 is 2.19 bits per heavy atom. The highest BCUT2D eigenvalue weighted by molar-refractivity contribution is 7.99. The Labute approximate surface area is 183 Å². The summed E-state index contributed by atoms with van der Waals surface area (Å²) in [4.78, 5) is 21.1. The number of thioether (sulfide) groups is 1. The van der Waals surface area contributed by atoms with Crippen molar-refractivity contribution >= 4 is 17.7 Å². The second kappa shape index (κ2) is 10.7. The molecular formula is C22H21F2N3O3S. The zero-order valence-corrected chi connectivity index (χ0v) is 17.8. The molecule has 0 radical (unpaired) electrons. The molecule has 31 heavy (non-hydrogen) atoms. The van der Waals surface area contributed by atoms with Crippen LogP contribution in [0, 0.1) is 11.6 Å². The average Bonchev–Trinajstić information content (AvgIpc) is 2.79. The summed E-state index contributed by atoms with van der Waals surface area (Å²) in [6, 6.07) is 14.5. The SMILES string of the molecule is COc1cc(OC)nc(C(SCCNC(=O)c2c(F)cccc2F)c2ccccc2)n1. The third-order valence-electron chi connectivity index (χ3n) is 4.31. The summed E-state index contributed by atoms with van der Waals surface area (Å²) in [5.41, 5.74) is 0.363. The number of rotatable bonds is 9. The Bertz CT molecular complexity index is 995. The molecule has 0 saturated carbocycles. The lowest BCUT2D eigenvalue weighted by atomic mass is 10.1. The van der Waals surface area contributed by atoms with E-state index in [0.717, 1.165) is 17.7 Å². The van der Waals surface area contributed by atoms with Gasteiger partial charge in [-0.25, -0.2) is 8.78 Å². The van der Waals surface area contributed by atoms with Crippen LogP contribution in [0.15, 0.2) is 54.6 Å². The lowest BCUT2D eigenvalue weighted by Crippen LogP contribution is -2.27. The third kappa shape index (κ3) is 5.69. The van der Waals surface area contributed by atoms with Crippen molar-refractivity contribution in [3.63, 3.8) is 0 Å². The molecule has 3 aromatic rings. The van der Waals surface area contributed by atoms with Crippen molar-refractivity contribution in [3.8, 4) is 11.8 Å². The number of amides is 1. The van der Waals surface area contributed by atoms with Crippen molar-refractivity contribution in [2.24, 2.45) is 0 Å². The monoisotopic (exact) mass is 445 g/mol. The number of benzene rings is 2. The molecule has 9 heteroatoms. The minimum atomic E-state index is -0.899. The van der Waals surface area contributed by atoms with Crippen LogP contribution in [0.2, 0.25) is 0 Å². The smallest absolute Gasteiger partial charge is 0.257 e. The number of carbonyl (C=O) groups is 1. The topological polar surface area (TPSA) is 73.3 Å². The zero-order valence-electron chi connectivity index (χ0n) is 17.0. The maximum atomic E-state index is 13.8. The summed E-state index contributed by atoms with van der Waals surface area (Å²) in [6.45, 7) is 0.196. The maximum absolute atomic E-state index is 13.8. The van der Waals surface area contributed by atoms with E-state index < -0.39 is 23.1 Å². The van der Waals surface area contributed by atoms with E-state index in [2.05, 4.69) is 15.3 Å². The fourth-order valence-corrected chi connectivity index (χ4v) is 3.90. The van der Waals surface area contributed by atoms with Crippen LogP contribution in [0.5, 0.6) is 11.8 Å². The molecule has 0 saturated heterocycles. The lowest BCUT2D eigenvalue weighted by Gasteiger charge is -2.17. The molecule has 1 amide bonds. The van der Waals surface area contributed by atoms with Gasteiger partial charge < -0.3 is 14.8 Å². The van der Waals surface area contributed by atoms with Crippen LogP contribution in [0.4, 0.5) is 8.78 Å². The molecule has 0 spiro atoms. The molecule has 0 aliphatic carbocycles. The van der Waals surface area contributed by atoms with Crippen molar-refractivity contribution in [2.75, 3.05) is 26.5 Å². The minimum absolute atomic E-state index is 0.196. The molecule has 0 fully saturated rings. The van der Waals surface area contributed by atoms with Gasteiger partial charge in [0.05, 0.1) is 25.5 Å². The summed E-state index contributed by atoms with van der Waals surface area (Å²) in [5, 5.41) is 2.28. The normalized spacial score (nSPS) is 11.6. The first-order valence-electron chi connectivity index (χ1n) is 9.39. The fraction of sp³-hybridized carbons (Fsp3) is 0.227. The molecule has 0 aliphatic heterocycles. The number of hydrogen-bond acceptors (Lipinski definition) is 6. The maximum Gasteiger partial charge on any atom is 0.257 e. The minimum Gasteiger partial charge on any atom is -0.481 e. The van der Waals surface area contributed by atoms with E-state index in [9.17, 15) is 13.6 Å². The van der Waals surface area contributed by atoms with Gasteiger partial charge in [0.2, 0.25) is 11.8 Å². The summed E-state index contributed by atoms with van der Waals surface area (Å²) >= 11 is 1.47. The average molecular weight is 445 g/mol. The van der Waals surface area contributed by atoms with Gasteiger partial charge in [-0.3, -0.25) is 4.79 Å². The number of halogens is 2. The molecule has 6 nitrogen and oxygen atoms in total. The number of ether oxygens (including phenoxy) is 2. The lowest BCUT2D eigenvalue weighted by molar-refractivity contribution is 0.0947. The van der Waals surface area contributed by atoms with Crippen LogP contribution in [0.25, 0.3) is 0 Å². The van der Waals surface area contributed by atoms with E-state index >= 15 is 0 Å². The van der Waals surface area contributed by atoms with Gasteiger partial charge in [0.15, 0.2) is 5.82 Å². The van der Waals surface area contributed by atoms with E-state index in [4.69, 9.17) is 9.47 Å². The van der Waals surface area contributed by atoms with E-state index in [1.807, 2.05) is 30.3 Å². The van der Waals surface area contributed by atoms with E-state index in [0.29, 0.717) is 23.3 Å². The van der Waals surface area contributed by atoms with Gasteiger partial charge in [-0.05, 0) is 17.7 Å². The van der Waals surface area contributed by atoms with Gasteiger partial charge in [-0.1, -0.05) is 36.4 Å². The highest BCUT2D eigenvalue weighted by Crippen LogP contribution is 2.35. The summed E-state index contributed by atoms with van der Waals surface area (Å²) in [6.07, 6.45) is 0. The second-order valence-corrected chi connectivity index (χ2v) is 7.54. The molecule has 1 aromatic heterocycles. The second-order valence-electron chi connectivity index (χ2n) is 6.32. The third-order valence-corrected chi connectivity index (χ3v) is 5.57. The first-order chi connectivity index (χ1) is 15.0. The van der Waals surface area contributed by atoms with Crippen LogP contribution in [-0.2, 0) is 0 Å². The molecule has 1 unspecified atom stereocenters. The largest absolute Gasteiger partial charge is 0.481 e. The quantitative estimate of drug-likeness (QED) is 0.502. The van der Waals surface area contributed by atoms with Gasteiger partial charge in [0.1, 0.15) is 17.2 Å².